The van der Waals surface area contributed by atoms with E-state index >= 15 is 0 Å². The van der Waals surface area contributed by atoms with Crippen molar-refractivity contribution in [1.29, 1.82) is 0 Å². The number of hydrogen-bond donors (Lipinski definition) is 3. The van der Waals surface area contributed by atoms with Crippen molar-refractivity contribution in [2.45, 2.75) is 51.9 Å². The van der Waals surface area contributed by atoms with Crippen LogP contribution in [0.4, 0.5) is 5.69 Å². The van der Waals surface area contributed by atoms with Crippen LogP contribution in [-0.4, -0.2) is 54.6 Å². The van der Waals surface area contributed by atoms with E-state index in [1.54, 1.807) is 7.05 Å². The summed E-state index contributed by atoms with van der Waals surface area (Å²) in [4.78, 5) is 4.53. The van der Waals surface area contributed by atoms with Gasteiger partial charge in [0.1, 0.15) is 0 Å². The third-order valence-corrected chi connectivity index (χ3v) is 9.57. The average molecular weight is 574 g/mol. The molecule has 216 valence electrons. The maximum Gasteiger partial charge on any atom is 0.236 e. The van der Waals surface area contributed by atoms with Gasteiger partial charge in [0.15, 0.2) is 0 Å². The maximum absolute atomic E-state index is 13.0. The lowest BCUT2D eigenvalue weighted by Gasteiger charge is -2.27. The van der Waals surface area contributed by atoms with Crippen LogP contribution in [0.3, 0.4) is 0 Å². The number of benzene rings is 2. The molecule has 0 bridgehead atoms. The number of hydrogen-bond acceptors (Lipinski definition) is 6. The van der Waals surface area contributed by atoms with E-state index in [1.165, 1.54) is 9.87 Å². The molecule has 0 aliphatic carbocycles. The summed E-state index contributed by atoms with van der Waals surface area (Å²) in [5.74, 6) is 0.0516. The zero-order chi connectivity index (χ0) is 29.1. The molecular formula is C32H39N5O3S. The highest BCUT2D eigenvalue weighted by Gasteiger charge is 2.28. The van der Waals surface area contributed by atoms with E-state index < -0.39 is 16.1 Å². The molecule has 9 heteroatoms. The fourth-order valence-electron chi connectivity index (χ4n) is 5.51. The van der Waals surface area contributed by atoms with Crippen molar-refractivity contribution in [1.82, 2.24) is 20.2 Å². The van der Waals surface area contributed by atoms with E-state index in [0.717, 1.165) is 39.8 Å². The van der Waals surface area contributed by atoms with Gasteiger partial charge in [0.2, 0.25) is 10.0 Å². The summed E-state index contributed by atoms with van der Waals surface area (Å²) in [5, 5.41) is 19.2. The summed E-state index contributed by atoms with van der Waals surface area (Å²) in [6.45, 7) is 9.75. The minimum absolute atomic E-state index is 0.0516. The molecule has 0 spiro atoms. The van der Waals surface area contributed by atoms with Crippen molar-refractivity contribution in [3.05, 3.63) is 102 Å². The van der Waals surface area contributed by atoms with Crippen LogP contribution in [0.25, 0.3) is 16.6 Å². The van der Waals surface area contributed by atoms with Crippen LogP contribution in [0, 0.1) is 6.92 Å². The molecule has 2 atom stereocenters. The van der Waals surface area contributed by atoms with Crippen molar-refractivity contribution in [3.63, 3.8) is 0 Å². The van der Waals surface area contributed by atoms with Gasteiger partial charge < -0.3 is 20.3 Å². The number of nitrogens with zero attached hydrogens (tertiary/aromatic N) is 3. The van der Waals surface area contributed by atoms with Gasteiger partial charge in [0, 0.05) is 49.7 Å². The smallest absolute Gasteiger partial charge is 0.236 e. The molecule has 0 saturated heterocycles. The van der Waals surface area contributed by atoms with Gasteiger partial charge >= 0.3 is 0 Å². The van der Waals surface area contributed by atoms with E-state index in [-0.39, 0.29) is 11.8 Å². The van der Waals surface area contributed by atoms with Gasteiger partial charge in [-0.3, -0.25) is 9.29 Å². The molecule has 5 rings (SSSR count). The standard InChI is InChI=1S/C32H39N5O3S/c1-5-25-21-37-14-15-41(39,40)36(4)30-18-26(17-28(25)32(30)37)23(3)35-29(16-24-11-7-6-8-12-24)31(38)20-33-19-27-13-9-10-22(2)34-27/h6-13,17-18,21,29,31,33,35,38H,3,5,14-16,19-20H2,1-2,4H3. The Bertz CT molecular complexity index is 1650. The highest BCUT2D eigenvalue weighted by Crippen LogP contribution is 2.37. The van der Waals surface area contributed by atoms with Gasteiger partial charge in [-0.05, 0) is 60.7 Å². The summed E-state index contributed by atoms with van der Waals surface area (Å²) in [6.07, 6.45) is 2.77. The predicted molar refractivity (Wildman–Crippen MR) is 166 cm³/mol. The Labute approximate surface area is 242 Å². The Morgan fingerprint density at radius 2 is 1.93 bits per heavy atom. The quantitative estimate of drug-likeness (QED) is 0.251. The Morgan fingerprint density at radius 3 is 2.66 bits per heavy atom. The highest BCUT2D eigenvalue weighted by molar-refractivity contribution is 7.92. The van der Waals surface area contributed by atoms with E-state index in [0.29, 0.717) is 37.4 Å². The van der Waals surface area contributed by atoms with Crippen LogP contribution in [0.15, 0.2) is 73.4 Å². The monoisotopic (exact) mass is 573 g/mol. The largest absolute Gasteiger partial charge is 0.390 e. The van der Waals surface area contributed by atoms with Crippen LogP contribution in [-0.2, 0) is 36.0 Å². The number of aliphatic hydroxyl groups is 1. The van der Waals surface area contributed by atoms with E-state index in [2.05, 4.69) is 46.0 Å². The zero-order valence-electron chi connectivity index (χ0n) is 24.0. The summed E-state index contributed by atoms with van der Waals surface area (Å²) in [7, 11) is -1.83. The first-order valence-electron chi connectivity index (χ1n) is 14.1. The predicted octanol–water partition coefficient (Wildman–Crippen LogP) is 4.01. The van der Waals surface area contributed by atoms with Gasteiger partial charge in [-0.15, -0.1) is 0 Å². The fourth-order valence-corrected chi connectivity index (χ4v) is 6.65. The van der Waals surface area contributed by atoms with Crippen LogP contribution in [0.1, 0.15) is 35.0 Å². The number of aryl methyl sites for hydroxylation is 3. The topological polar surface area (TPSA) is 99.5 Å². The average Bonchev–Trinajstić information content (AvgIpc) is 3.29. The Morgan fingerprint density at radius 1 is 1.15 bits per heavy atom. The van der Waals surface area contributed by atoms with E-state index in [1.807, 2.05) is 61.5 Å². The first kappa shape index (κ1) is 28.9. The Hall–Kier alpha value is -3.66. The highest BCUT2D eigenvalue weighted by atomic mass is 32.2. The molecule has 4 aromatic rings. The molecule has 0 fully saturated rings. The normalized spacial score (nSPS) is 15.9. The van der Waals surface area contributed by atoms with E-state index in [4.69, 9.17) is 0 Å². The van der Waals surface area contributed by atoms with E-state index in [9.17, 15) is 13.5 Å². The molecule has 1 aliphatic rings. The lowest BCUT2D eigenvalue weighted by Crippen LogP contribution is -2.45. The second kappa shape index (κ2) is 12.1. The van der Waals surface area contributed by atoms with Crippen molar-refractivity contribution in [3.8, 4) is 0 Å². The number of sulfonamides is 1. The summed E-state index contributed by atoms with van der Waals surface area (Å²) >= 11 is 0. The summed E-state index contributed by atoms with van der Waals surface area (Å²) < 4.78 is 29.4. The number of anilines is 1. The van der Waals surface area contributed by atoms with Gasteiger partial charge in [0.05, 0.1) is 34.8 Å². The molecule has 1 aliphatic heterocycles. The van der Waals surface area contributed by atoms with Gasteiger partial charge in [-0.1, -0.05) is 49.9 Å². The SMILES string of the molecule is C=C(NC(Cc1ccccc1)C(O)CNCc1cccc(C)n1)c1cc2c3c(c1)c(CC)cn3CCS(=O)(=O)N2C. The number of aromatic nitrogens is 2. The van der Waals surface area contributed by atoms with Crippen LogP contribution in [0.2, 0.25) is 0 Å². The molecule has 0 saturated carbocycles. The maximum atomic E-state index is 13.0. The second-order valence-corrected chi connectivity index (χ2v) is 12.9. The summed E-state index contributed by atoms with van der Waals surface area (Å²) in [5.41, 5.74) is 7.14. The molecule has 0 radical (unpaired) electrons. The van der Waals surface area contributed by atoms with Crippen molar-refractivity contribution in [2.24, 2.45) is 0 Å². The van der Waals surface area contributed by atoms with Crippen molar-refractivity contribution >= 4 is 32.3 Å². The fraction of sp³-hybridized carbons (Fsp3) is 0.344. The molecule has 2 aromatic carbocycles. The number of pyridine rings is 1. The minimum atomic E-state index is -3.45. The van der Waals surface area contributed by atoms with Crippen molar-refractivity contribution < 1.29 is 13.5 Å². The van der Waals surface area contributed by atoms with Crippen LogP contribution < -0.4 is 14.9 Å². The molecule has 3 heterocycles. The van der Waals surface area contributed by atoms with Gasteiger partial charge in [-0.2, -0.15) is 0 Å². The number of rotatable bonds is 11. The summed E-state index contributed by atoms with van der Waals surface area (Å²) in [6, 6.07) is 19.6. The molecule has 3 N–H and O–H groups in total. The first-order valence-corrected chi connectivity index (χ1v) is 15.7. The Balaban J connectivity index is 1.42. The molecule has 2 unspecified atom stereocenters. The lowest BCUT2D eigenvalue weighted by atomic mass is 9.99. The third-order valence-electron chi connectivity index (χ3n) is 7.84. The van der Waals surface area contributed by atoms with Crippen molar-refractivity contribution in [2.75, 3.05) is 23.7 Å². The molecule has 0 amide bonds. The molecule has 41 heavy (non-hydrogen) atoms. The van der Waals surface area contributed by atoms with Gasteiger partial charge in [-0.25, -0.2) is 8.42 Å². The lowest BCUT2D eigenvalue weighted by molar-refractivity contribution is 0.132. The van der Waals surface area contributed by atoms with Crippen LogP contribution >= 0.6 is 0 Å². The number of nitrogens with one attached hydrogen (secondary N) is 2. The first-order chi connectivity index (χ1) is 19.7. The minimum Gasteiger partial charge on any atom is -0.390 e. The van der Waals surface area contributed by atoms with Crippen LogP contribution in [0.5, 0.6) is 0 Å². The zero-order valence-corrected chi connectivity index (χ0v) is 24.8. The second-order valence-electron chi connectivity index (χ2n) is 10.8. The van der Waals surface area contributed by atoms with Gasteiger partial charge in [0.25, 0.3) is 0 Å². The number of aliphatic hydroxyl groups excluding tert-OH is 1. The molecule has 8 nitrogen and oxygen atoms in total. The Kier molecular flexibility index (Phi) is 8.49. The molecular weight excluding hydrogens is 534 g/mol. The third kappa shape index (κ3) is 6.32. The molecule has 2 aromatic heterocycles.